The van der Waals surface area contributed by atoms with Crippen molar-refractivity contribution in [3.8, 4) is 5.75 Å². The van der Waals surface area contributed by atoms with Crippen molar-refractivity contribution in [2.45, 2.75) is 75.7 Å². The molecule has 3 heterocycles. The number of benzene rings is 1. The highest BCUT2D eigenvalue weighted by atomic mass is 79.9. The molecule has 4 aliphatic rings. The summed E-state index contributed by atoms with van der Waals surface area (Å²) in [5.41, 5.74) is 1.24. The van der Waals surface area contributed by atoms with Crippen LogP contribution in [0.5, 0.6) is 5.75 Å². The maximum Gasteiger partial charge on any atom is 0.157 e. The number of hydrogen-bond acceptors (Lipinski definition) is 5. The van der Waals surface area contributed by atoms with Gasteiger partial charge in [-0.1, -0.05) is 15.9 Å². The van der Waals surface area contributed by atoms with E-state index in [0.29, 0.717) is 6.61 Å². The lowest BCUT2D eigenvalue weighted by atomic mass is 9.88. The Morgan fingerprint density at radius 1 is 0.966 bits per heavy atom. The van der Waals surface area contributed by atoms with Crippen molar-refractivity contribution in [1.29, 1.82) is 0 Å². The van der Waals surface area contributed by atoms with E-state index in [4.69, 9.17) is 23.7 Å². The zero-order valence-electron chi connectivity index (χ0n) is 16.5. The van der Waals surface area contributed by atoms with Crippen molar-refractivity contribution in [1.82, 2.24) is 0 Å². The van der Waals surface area contributed by atoms with Gasteiger partial charge in [-0.05, 0) is 66.6 Å². The minimum atomic E-state index is -0.102. The fraction of sp³-hybridized carbons (Fsp3) is 0.727. The maximum absolute atomic E-state index is 6.47. The largest absolute Gasteiger partial charge is 0.488 e. The lowest BCUT2D eigenvalue weighted by molar-refractivity contribution is -0.210. The van der Waals surface area contributed by atoms with Crippen molar-refractivity contribution < 1.29 is 23.7 Å². The van der Waals surface area contributed by atoms with Crippen LogP contribution in [-0.4, -0.2) is 44.6 Å². The van der Waals surface area contributed by atoms with Gasteiger partial charge in [0.2, 0.25) is 0 Å². The molecule has 5 nitrogen and oxygen atoms in total. The van der Waals surface area contributed by atoms with Gasteiger partial charge in [0.25, 0.3) is 0 Å². The van der Waals surface area contributed by atoms with Gasteiger partial charge in [0.05, 0.1) is 17.2 Å². The van der Waals surface area contributed by atoms with Crippen LogP contribution in [0.15, 0.2) is 21.1 Å². The summed E-state index contributed by atoms with van der Waals surface area (Å²) < 4.78 is 32.8. The summed E-state index contributed by atoms with van der Waals surface area (Å²) in [6.45, 7) is 2.21. The number of halogens is 2. The lowest BCUT2D eigenvalue weighted by Gasteiger charge is -2.31. The number of hydrogen-bond donors (Lipinski definition) is 0. The molecule has 0 bridgehead atoms. The SMILES string of the molecule is Brc1cc(Br)c2c(c1)[C@@H]1[C@@H](COC3CCCCO3)[C@H](OC3CCCCO3)C[C@@H]1O2. The summed E-state index contributed by atoms with van der Waals surface area (Å²) in [7, 11) is 0. The first-order valence-corrected chi connectivity index (χ1v) is 12.4. The van der Waals surface area contributed by atoms with Crippen LogP contribution in [0.2, 0.25) is 0 Å². The second kappa shape index (κ2) is 9.13. The van der Waals surface area contributed by atoms with Crippen molar-refractivity contribution in [2.75, 3.05) is 19.8 Å². The van der Waals surface area contributed by atoms with Gasteiger partial charge >= 0.3 is 0 Å². The van der Waals surface area contributed by atoms with Crippen molar-refractivity contribution in [2.24, 2.45) is 5.92 Å². The summed E-state index contributed by atoms with van der Waals surface area (Å²) in [4.78, 5) is 0. The third kappa shape index (κ3) is 4.41. The predicted molar refractivity (Wildman–Crippen MR) is 115 cm³/mol. The van der Waals surface area contributed by atoms with E-state index in [-0.39, 0.29) is 36.6 Å². The van der Waals surface area contributed by atoms with Gasteiger partial charge in [-0.3, -0.25) is 0 Å². The van der Waals surface area contributed by atoms with Gasteiger partial charge in [-0.15, -0.1) is 0 Å². The van der Waals surface area contributed by atoms with Gasteiger partial charge < -0.3 is 23.7 Å². The Bertz CT molecular complexity index is 717. The van der Waals surface area contributed by atoms with Crippen LogP contribution in [0.1, 0.15) is 56.4 Å². The molecule has 3 fully saturated rings. The second-order valence-electron chi connectivity index (χ2n) is 8.49. The third-order valence-electron chi connectivity index (χ3n) is 6.55. The van der Waals surface area contributed by atoms with Gasteiger partial charge in [0, 0.05) is 41.5 Å². The summed E-state index contributed by atoms with van der Waals surface area (Å²) in [5.74, 6) is 1.45. The van der Waals surface area contributed by atoms with Crippen molar-refractivity contribution in [3.63, 3.8) is 0 Å². The summed E-state index contributed by atoms with van der Waals surface area (Å²) >= 11 is 7.31. The first-order valence-electron chi connectivity index (χ1n) is 10.8. The molecule has 0 aromatic heterocycles. The van der Waals surface area contributed by atoms with Gasteiger partial charge in [0.1, 0.15) is 11.9 Å². The molecule has 1 aromatic rings. The van der Waals surface area contributed by atoms with Crippen LogP contribution >= 0.6 is 31.9 Å². The Labute approximate surface area is 189 Å². The highest BCUT2D eigenvalue weighted by molar-refractivity contribution is 9.11. The molecule has 1 aromatic carbocycles. The minimum absolute atomic E-state index is 0.0718. The van der Waals surface area contributed by atoms with Crippen LogP contribution in [0.25, 0.3) is 0 Å². The Hall–Kier alpha value is -0.180. The highest BCUT2D eigenvalue weighted by Gasteiger charge is 2.52. The smallest absolute Gasteiger partial charge is 0.157 e. The van der Waals surface area contributed by atoms with Crippen LogP contribution in [-0.2, 0) is 18.9 Å². The predicted octanol–water partition coefficient (Wildman–Crippen LogP) is 5.53. The van der Waals surface area contributed by atoms with Gasteiger partial charge in [-0.25, -0.2) is 0 Å². The van der Waals surface area contributed by atoms with E-state index in [2.05, 4.69) is 37.9 Å². The molecule has 0 N–H and O–H groups in total. The molecule has 0 radical (unpaired) electrons. The van der Waals surface area contributed by atoms with Gasteiger partial charge in [-0.2, -0.15) is 0 Å². The van der Waals surface area contributed by atoms with E-state index in [0.717, 1.165) is 60.0 Å². The molecule has 2 saturated heterocycles. The van der Waals surface area contributed by atoms with E-state index in [1.807, 2.05) is 6.07 Å². The molecular formula is C22H28Br2O5. The summed E-state index contributed by atoms with van der Waals surface area (Å²) in [6.07, 6.45) is 7.39. The molecule has 2 unspecified atom stereocenters. The molecule has 1 aliphatic carbocycles. The number of fused-ring (bicyclic) bond motifs is 3. The Morgan fingerprint density at radius 3 is 2.45 bits per heavy atom. The van der Waals surface area contributed by atoms with E-state index >= 15 is 0 Å². The average molecular weight is 532 g/mol. The molecular weight excluding hydrogens is 504 g/mol. The number of ether oxygens (including phenoxy) is 5. The van der Waals surface area contributed by atoms with Crippen LogP contribution in [0.4, 0.5) is 0 Å². The molecule has 7 heteroatoms. The monoisotopic (exact) mass is 530 g/mol. The van der Waals surface area contributed by atoms with Crippen LogP contribution in [0, 0.1) is 5.92 Å². The molecule has 5 rings (SSSR count). The maximum atomic E-state index is 6.47. The van der Waals surface area contributed by atoms with E-state index < -0.39 is 0 Å². The zero-order valence-corrected chi connectivity index (χ0v) is 19.7. The fourth-order valence-corrected chi connectivity index (χ4v) is 6.51. The molecule has 160 valence electrons. The van der Waals surface area contributed by atoms with Crippen molar-refractivity contribution in [3.05, 3.63) is 26.6 Å². The Kier molecular flexibility index (Phi) is 6.52. The standard InChI is InChI=1S/C22H28Br2O5/c23-13-9-14-21-15(12-27-19-5-1-3-7-25-19)17(28-20-6-2-4-8-26-20)11-18(21)29-22(14)16(24)10-13/h9-10,15,17-21H,1-8,11-12H2/t15-,17+,18-,19?,20?,21+/m0/s1. The molecule has 1 saturated carbocycles. The average Bonchev–Trinajstić information content (AvgIpc) is 3.24. The Balaban J connectivity index is 1.36. The van der Waals surface area contributed by atoms with Crippen LogP contribution in [0.3, 0.4) is 0 Å². The topological polar surface area (TPSA) is 46.2 Å². The summed E-state index contributed by atoms with van der Waals surface area (Å²) in [5, 5.41) is 0. The minimum Gasteiger partial charge on any atom is -0.488 e. The molecule has 0 spiro atoms. The van der Waals surface area contributed by atoms with E-state index in [1.54, 1.807) is 0 Å². The first kappa shape index (κ1) is 20.7. The summed E-state index contributed by atoms with van der Waals surface area (Å²) in [6, 6.07) is 4.24. The van der Waals surface area contributed by atoms with E-state index in [9.17, 15) is 0 Å². The van der Waals surface area contributed by atoms with Gasteiger partial charge in [0.15, 0.2) is 12.6 Å². The second-order valence-corrected chi connectivity index (χ2v) is 10.3. The lowest BCUT2D eigenvalue weighted by Crippen LogP contribution is -2.34. The normalized spacial score (nSPS) is 36.5. The fourth-order valence-electron chi connectivity index (χ4n) is 5.16. The van der Waals surface area contributed by atoms with Crippen LogP contribution < -0.4 is 4.74 Å². The van der Waals surface area contributed by atoms with E-state index in [1.165, 1.54) is 18.4 Å². The molecule has 29 heavy (non-hydrogen) atoms. The quantitative estimate of drug-likeness (QED) is 0.499. The molecule has 3 aliphatic heterocycles. The Morgan fingerprint density at radius 2 is 1.72 bits per heavy atom. The van der Waals surface area contributed by atoms with Crippen molar-refractivity contribution >= 4 is 31.9 Å². The highest BCUT2D eigenvalue weighted by Crippen LogP contribution is 2.54. The number of rotatable bonds is 5. The molecule has 0 amide bonds. The zero-order chi connectivity index (χ0) is 19.8. The third-order valence-corrected chi connectivity index (χ3v) is 7.59. The molecule has 6 atom stereocenters. The first-order chi connectivity index (χ1) is 14.2.